The highest BCUT2D eigenvalue weighted by Gasteiger charge is 2.40. The van der Waals surface area contributed by atoms with Crippen LogP contribution in [0.25, 0.3) is 0 Å². The van der Waals surface area contributed by atoms with Gasteiger partial charge in [-0.1, -0.05) is 0 Å². The lowest BCUT2D eigenvalue weighted by Crippen LogP contribution is -2.18. The van der Waals surface area contributed by atoms with E-state index in [9.17, 15) is 4.79 Å². The second-order valence-electron chi connectivity index (χ2n) is 2.10. The Morgan fingerprint density at radius 1 is 1.33 bits per heavy atom. The van der Waals surface area contributed by atoms with Crippen LogP contribution in [0.15, 0.2) is 0 Å². The van der Waals surface area contributed by atoms with Crippen molar-refractivity contribution in [3.05, 3.63) is 0 Å². The molecule has 0 aromatic carbocycles. The van der Waals surface area contributed by atoms with Crippen molar-refractivity contribution in [2.75, 3.05) is 11.5 Å². The van der Waals surface area contributed by atoms with Gasteiger partial charge in [-0.05, 0) is 0 Å². The molecule has 2 saturated heterocycles. The van der Waals surface area contributed by atoms with Gasteiger partial charge in [0.1, 0.15) is 0 Å². The van der Waals surface area contributed by atoms with Crippen LogP contribution >= 0.6 is 11.8 Å². The van der Waals surface area contributed by atoms with E-state index in [-0.39, 0.29) is 12.2 Å². The molecule has 0 aromatic heterocycles. The lowest BCUT2D eigenvalue weighted by molar-refractivity contribution is 0.118. The summed E-state index contributed by atoms with van der Waals surface area (Å²) in [6.07, 6.45) is -0.407. The fraction of sp³-hybridized carbons (Fsp3) is 0.800. The number of carbonyl (C=O) groups excluding carboxylic acids is 1. The molecule has 2 aliphatic heterocycles. The van der Waals surface area contributed by atoms with Crippen molar-refractivity contribution < 1.29 is 14.3 Å². The van der Waals surface area contributed by atoms with E-state index in [4.69, 9.17) is 9.47 Å². The quantitative estimate of drug-likeness (QED) is 0.470. The first-order chi connectivity index (χ1) is 4.36. The zero-order valence-electron chi connectivity index (χ0n) is 4.70. The van der Waals surface area contributed by atoms with Gasteiger partial charge in [-0.25, -0.2) is 4.79 Å². The van der Waals surface area contributed by atoms with Gasteiger partial charge in [0.2, 0.25) is 0 Å². The number of rotatable bonds is 0. The van der Waals surface area contributed by atoms with E-state index in [1.807, 2.05) is 0 Å². The summed E-state index contributed by atoms with van der Waals surface area (Å²) in [5, 5.41) is 0. The van der Waals surface area contributed by atoms with Crippen molar-refractivity contribution in [3.8, 4) is 0 Å². The molecular formula is C5H6O3S. The smallest absolute Gasteiger partial charge is 0.426 e. The molecule has 2 aliphatic rings. The van der Waals surface area contributed by atoms with Crippen LogP contribution in [0.1, 0.15) is 0 Å². The van der Waals surface area contributed by atoms with Crippen molar-refractivity contribution in [2.24, 2.45) is 0 Å². The first-order valence-corrected chi connectivity index (χ1v) is 3.97. The SMILES string of the molecule is O=C1O[C@@H]2CSC[C@H]2O1. The summed E-state index contributed by atoms with van der Waals surface area (Å²) >= 11 is 1.77. The van der Waals surface area contributed by atoms with Crippen LogP contribution in [0.5, 0.6) is 0 Å². The largest absolute Gasteiger partial charge is 0.509 e. The minimum Gasteiger partial charge on any atom is -0.426 e. The van der Waals surface area contributed by atoms with Gasteiger partial charge in [-0.2, -0.15) is 11.8 Å². The van der Waals surface area contributed by atoms with E-state index in [0.717, 1.165) is 11.5 Å². The molecule has 0 radical (unpaired) electrons. The Morgan fingerprint density at radius 2 is 1.89 bits per heavy atom. The van der Waals surface area contributed by atoms with Crippen LogP contribution in [0.4, 0.5) is 4.79 Å². The van der Waals surface area contributed by atoms with Gasteiger partial charge in [0.25, 0.3) is 0 Å². The summed E-state index contributed by atoms with van der Waals surface area (Å²) in [4.78, 5) is 10.4. The van der Waals surface area contributed by atoms with Crippen LogP contribution in [-0.2, 0) is 9.47 Å². The standard InChI is InChI=1S/C5H6O3S/c6-5-7-3-1-9-2-4(3)8-5/h3-4H,1-2H2/t3-,4-/m1/s1. The minimum atomic E-state index is -0.495. The predicted octanol–water partition coefficient (Wildman–Crippen LogP) is 0.637. The number of thioether (sulfide) groups is 1. The summed E-state index contributed by atoms with van der Waals surface area (Å²) in [7, 11) is 0. The summed E-state index contributed by atoms with van der Waals surface area (Å²) in [6, 6.07) is 0. The molecule has 0 aliphatic carbocycles. The van der Waals surface area contributed by atoms with Gasteiger partial charge in [0.05, 0.1) is 0 Å². The fourth-order valence-corrected chi connectivity index (χ4v) is 2.18. The van der Waals surface area contributed by atoms with Gasteiger partial charge in [-0.15, -0.1) is 0 Å². The first kappa shape index (κ1) is 5.41. The van der Waals surface area contributed by atoms with E-state index >= 15 is 0 Å². The third-order valence-corrected chi connectivity index (χ3v) is 2.60. The Hall–Kier alpha value is -0.380. The second-order valence-corrected chi connectivity index (χ2v) is 3.17. The predicted molar refractivity (Wildman–Crippen MR) is 32.5 cm³/mol. The number of hydrogen-bond donors (Lipinski definition) is 0. The molecule has 0 unspecified atom stereocenters. The molecule has 0 spiro atoms. The second kappa shape index (κ2) is 1.80. The maximum atomic E-state index is 10.4. The zero-order chi connectivity index (χ0) is 6.27. The van der Waals surface area contributed by atoms with Gasteiger partial charge in [0, 0.05) is 11.5 Å². The first-order valence-electron chi connectivity index (χ1n) is 2.81. The lowest BCUT2D eigenvalue weighted by atomic mass is 10.3. The highest BCUT2D eigenvalue weighted by molar-refractivity contribution is 7.99. The number of carbonyl (C=O) groups is 1. The van der Waals surface area contributed by atoms with Crippen molar-refractivity contribution in [3.63, 3.8) is 0 Å². The summed E-state index contributed by atoms with van der Waals surface area (Å²) in [6.45, 7) is 0. The topological polar surface area (TPSA) is 35.5 Å². The molecule has 2 heterocycles. The van der Waals surface area contributed by atoms with E-state index in [0.29, 0.717) is 0 Å². The highest BCUT2D eigenvalue weighted by Crippen LogP contribution is 2.28. The molecule has 0 aromatic rings. The van der Waals surface area contributed by atoms with E-state index < -0.39 is 6.16 Å². The molecule has 0 N–H and O–H groups in total. The lowest BCUT2D eigenvalue weighted by Gasteiger charge is -1.98. The number of hydrogen-bond acceptors (Lipinski definition) is 4. The molecule has 50 valence electrons. The third-order valence-electron chi connectivity index (χ3n) is 1.47. The summed E-state index contributed by atoms with van der Waals surface area (Å²) < 4.78 is 9.61. The molecule has 2 atom stereocenters. The molecule has 0 amide bonds. The Morgan fingerprint density at radius 3 is 2.44 bits per heavy atom. The monoisotopic (exact) mass is 146 g/mol. The molecule has 0 bridgehead atoms. The van der Waals surface area contributed by atoms with E-state index in [2.05, 4.69) is 0 Å². The van der Waals surface area contributed by atoms with Gasteiger partial charge < -0.3 is 9.47 Å². The Bertz CT molecular complexity index is 133. The normalized spacial score (nSPS) is 39.8. The molecule has 2 fully saturated rings. The molecule has 3 nitrogen and oxygen atoms in total. The molecule has 0 saturated carbocycles. The zero-order valence-corrected chi connectivity index (χ0v) is 5.52. The maximum Gasteiger partial charge on any atom is 0.509 e. The van der Waals surface area contributed by atoms with E-state index in [1.165, 1.54) is 0 Å². The minimum absolute atomic E-state index is 0.0440. The van der Waals surface area contributed by atoms with Crippen molar-refractivity contribution in [1.29, 1.82) is 0 Å². The van der Waals surface area contributed by atoms with Crippen LogP contribution < -0.4 is 0 Å². The summed E-state index contributed by atoms with van der Waals surface area (Å²) in [5.74, 6) is 1.80. The van der Waals surface area contributed by atoms with Crippen molar-refractivity contribution in [1.82, 2.24) is 0 Å². The average molecular weight is 146 g/mol. The Balaban J connectivity index is 2.09. The van der Waals surface area contributed by atoms with E-state index in [1.54, 1.807) is 11.8 Å². The van der Waals surface area contributed by atoms with Crippen LogP contribution in [0, 0.1) is 0 Å². The van der Waals surface area contributed by atoms with Gasteiger partial charge >= 0.3 is 6.16 Å². The maximum absolute atomic E-state index is 10.4. The van der Waals surface area contributed by atoms with Crippen molar-refractivity contribution >= 4 is 17.9 Å². The van der Waals surface area contributed by atoms with Gasteiger partial charge in [-0.3, -0.25) is 0 Å². The van der Waals surface area contributed by atoms with Crippen molar-refractivity contribution in [2.45, 2.75) is 12.2 Å². The molecule has 4 heteroatoms. The molecule has 2 rings (SSSR count). The molecular weight excluding hydrogens is 140 g/mol. The highest BCUT2D eigenvalue weighted by atomic mass is 32.2. The third kappa shape index (κ3) is 0.775. The Kier molecular flexibility index (Phi) is 1.08. The van der Waals surface area contributed by atoms with Crippen LogP contribution in [0.2, 0.25) is 0 Å². The average Bonchev–Trinajstić information content (AvgIpc) is 2.22. The Labute approximate surface area is 56.7 Å². The number of fused-ring (bicyclic) bond motifs is 1. The van der Waals surface area contributed by atoms with Gasteiger partial charge in [0.15, 0.2) is 12.2 Å². The molecule has 9 heavy (non-hydrogen) atoms. The summed E-state index contributed by atoms with van der Waals surface area (Å²) in [5.41, 5.74) is 0. The van der Waals surface area contributed by atoms with Crippen LogP contribution in [0.3, 0.4) is 0 Å². The van der Waals surface area contributed by atoms with Crippen LogP contribution in [-0.4, -0.2) is 29.9 Å². The fourth-order valence-electron chi connectivity index (χ4n) is 1.01. The number of ether oxygens (including phenoxy) is 2.